The summed E-state index contributed by atoms with van der Waals surface area (Å²) in [5, 5.41) is 6.10. The van der Waals surface area contributed by atoms with E-state index in [0.717, 1.165) is 19.4 Å². The van der Waals surface area contributed by atoms with Gasteiger partial charge in [-0.3, -0.25) is 4.79 Å². The topological polar surface area (TPSA) is 50.4 Å². The minimum atomic E-state index is -0.0995. The fourth-order valence-electron chi connectivity index (χ4n) is 1.83. The number of likely N-dealkylation sites (N-methyl/N-ethyl adjacent to an activating group) is 1. The maximum absolute atomic E-state index is 11.4. The third-order valence-electron chi connectivity index (χ3n) is 2.73. The molecule has 88 valence electrons. The summed E-state index contributed by atoms with van der Waals surface area (Å²) in [5.74, 6) is 0.0809. The van der Waals surface area contributed by atoms with Crippen LogP contribution in [0.3, 0.4) is 0 Å². The van der Waals surface area contributed by atoms with Crippen LogP contribution in [0.5, 0.6) is 0 Å². The molecule has 1 atom stereocenters. The van der Waals surface area contributed by atoms with Gasteiger partial charge in [-0.2, -0.15) is 0 Å². The molecule has 0 aromatic heterocycles. The molecule has 0 bridgehead atoms. The number of carbonyl (C=O) groups is 1. The van der Waals surface area contributed by atoms with E-state index in [1.165, 1.54) is 0 Å². The van der Waals surface area contributed by atoms with E-state index in [0.29, 0.717) is 18.7 Å². The minimum absolute atomic E-state index is 0.0809. The van der Waals surface area contributed by atoms with Gasteiger partial charge in [-0.25, -0.2) is 0 Å². The largest absolute Gasteiger partial charge is 0.378 e. The van der Waals surface area contributed by atoms with Crippen LogP contribution in [0.25, 0.3) is 0 Å². The van der Waals surface area contributed by atoms with Crippen LogP contribution in [-0.2, 0) is 9.53 Å². The van der Waals surface area contributed by atoms with E-state index in [4.69, 9.17) is 4.74 Å². The van der Waals surface area contributed by atoms with Crippen molar-refractivity contribution >= 4 is 5.91 Å². The molecular weight excluding hydrogens is 192 g/mol. The molecule has 4 nitrogen and oxygen atoms in total. The molecule has 1 unspecified atom stereocenters. The zero-order valence-corrected chi connectivity index (χ0v) is 9.88. The normalized spacial score (nSPS) is 26.9. The van der Waals surface area contributed by atoms with Gasteiger partial charge in [0.15, 0.2) is 0 Å². The van der Waals surface area contributed by atoms with Crippen molar-refractivity contribution in [3.8, 4) is 0 Å². The van der Waals surface area contributed by atoms with Crippen molar-refractivity contribution in [2.75, 3.05) is 13.2 Å². The highest BCUT2D eigenvalue weighted by Gasteiger charge is 2.31. The third kappa shape index (κ3) is 3.80. The molecule has 2 N–H and O–H groups in total. The minimum Gasteiger partial charge on any atom is -0.378 e. The molecule has 0 heterocycles. The van der Waals surface area contributed by atoms with Crippen molar-refractivity contribution < 1.29 is 9.53 Å². The van der Waals surface area contributed by atoms with Crippen LogP contribution in [0.2, 0.25) is 0 Å². The van der Waals surface area contributed by atoms with Gasteiger partial charge in [0.25, 0.3) is 0 Å². The Morgan fingerprint density at radius 1 is 1.47 bits per heavy atom. The molecule has 0 spiro atoms. The van der Waals surface area contributed by atoms with Gasteiger partial charge in [-0.15, -0.1) is 0 Å². The van der Waals surface area contributed by atoms with Crippen molar-refractivity contribution in [2.45, 2.75) is 51.8 Å². The first-order valence-electron chi connectivity index (χ1n) is 5.82. The van der Waals surface area contributed by atoms with Crippen LogP contribution < -0.4 is 10.6 Å². The van der Waals surface area contributed by atoms with Gasteiger partial charge in [0.2, 0.25) is 5.91 Å². The van der Waals surface area contributed by atoms with Gasteiger partial charge in [-0.1, -0.05) is 0 Å². The van der Waals surface area contributed by atoms with E-state index in [9.17, 15) is 4.79 Å². The van der Waals surface area contributed by atoms with Gasteiger partial charge >= 0.3 is 0 Å². The smallest absolute Gasteiger partial charge is 0.236 e. The number of carbonyl (C=O) groups excluding carboxylic acids is 1. The lowest BCUT2D eigenvalue weighted by molar-refractivity contribution is -0.123. The summed E-state index contributed by atoms with van der Waals surface area (Å²) < 4.78 is 5.46. The summed E-state index contributed by atoms with van der Waals surface area (Å²) >= 11 is 0. The van der Waals surface area contributed by atoms with E-state index in [2.05, 4.69) is 10.6 Å². The Morgan fingerprint density at radius 2 is 2.13 bits per heavy atom. The molecule has 0 aliphatic heterocycles. The van der Waals surface area contributed by atoms with Crippen molar-refractivity contribution in [3.05, 3.63) is 0 Å². The molecule has 0 aromatic carbocycles. The number of amides is 1. The molecular formula is C11H22N2O2. The summed E-state index contributed by atoms with van der Waals surface area (Å²) in [7, 11) is 0. The summed E-state index contributed by atoms with van der Waals surface area (Å²) in [6.45, 7) is 7.32. The predicted octanol–water partition coefficient (Wildman–Crippen LogP) is 0.668. The number of rotatable bonds is 6. The quantitative estimate of drug-likeness (QED) is 0.683. The van der Waals surface area contributed by atoms with Crippen LogP contribution in [0.1, 0.15) is 33.6 Å². The highest BCUT2D eigenvalue weighted by molar-refractivity contribution is 5.81. The second kappa shape index (κ2) is 6.08. The molecule has 1 fully saturated rings. The van der Waals surface area contributed by atoms with E-state index < -0.39 is 0 Å². The number of ether oxygens (including phenoxy) is 1. The van der Waals surface area contributed by atoms with Crippen LogP contribution in [0.4, 0.5) is 0 Å². The molecule has 1 saturated carbocycles. The standard InChI is InChI=1S/C11H22N2O2/c1-4-12-11(14)8(3)13-9-6-10(7-9)15-5-2/h8-10,13H,4-7H2,1-3H3,(H,12,14). The number of hydrogen-bond donors (Lipinski definition) is 2. The Labute approximate surface area is 91.8 Å². The first-order valence-corrected chi connectivity index (χ1v) is 5.82. The first kappa shape index (κ1) is 12.5. The average Bonchev–Trinajstić information content (AvgIpc) is 2.14. The number of nitrogens with one attached hydrogen (secondary N) is 2. The summed E-state index contributed by atoms with van der Waals surface area (Å²) in [6, 6.07) is 0.344. The molecule has 0 aromatic rings. The highest BCUT2D eigenvalue weighted by atomic mass is 16.5. The van der Waals surface area contributed by atoms with Gasteiger partial charge in [-0.05, 0) is 33.6 Å². The molecule has 1 amide bonds. The Hall–Kier alpha value is -0.610. The number of hydrogen-bond acceptors (Lipinski definition) is 3. The Bertz CT molecular complexity index is 203. The molecule has 0 radical (unpaired) electrons. The SMILES string of the molecule is CCNC(=O)C(C)NC1CC(OCC)C1. The molecule has 1 aliphatic carbocycles. The molecule has 1 aliphatic rings. The van der Waals surface area contributed by atoms with Gasteiger partial charge < -0.3 is 15.4 Å². The molecule has 1 rings (SSSR count). The fraction of sp³-hybridized carbons (Fsp3) is 0.909. The molecule has 0 saturated heterocycles. The molecule has 4 heteroatoms. The zero-order chi connectivity index (χ0) is 11.3. The van der Waals surface area contributed by atoms with Gasteiger partial charge in [0, 0.05) is 19.2 Å². The summed E-state index contributed by atoms with van der Waals surface area (Å²) in [5.41, 5.74) is 0. The van der Waals surface area contributed by atoms with Gasteiger partial charge in [0.05, 0.1) is 12.1 Å². The summed E-state index contributed by atoms with van der Waals surface area (Å²) in [6.07, 6.45) is 2.45. The monoisotopic (exact) mass is 214 g/mol. The highest BCUT2D eigenvalue weighted by Crippen LogP contribution is 2.23. The van der Waals surface area contributed by atoms with Crippen LogP contribution >= 0.6 is 0 Å². The fourth-order valence-corrected chi connectivity index (χ4v) is 1.83. The van der Waals surface area contributed by atoms with Crippen molar-refractivity contribution in [1.82, 2.24) is 10.6 Å². The average molecular weight is 214 g/mol. The maximum atomic E-state index is 11.4. The summed E-state index contributed by atoms with van der Waals surface area (Å²) in [4.78, 5) is 11.4. The lowest BCUT2D eigenvalue weighted by atomic mass is 9.88. The Balaban J connectivity index is 2.13. The first-order chi connectivity index (χ1) is 7.17. The second-order valence-electron chi connectivity index (χ2n) is 4.03. The van der Waals surface area contributed by atoms with E-state index >= 15 is 0 Å². The predicted molar refractivity (Wildman–Crippen MR) is 59.7 cm³/mol. The van der Waals surface area contributed by atoms with E-state index in [1.54, 1.807) is 0 Å². The van der Waals surface area contributed by atoms with Crippen LogP contribution in [0, 0.1) is 0 Å². The Kier molecular flexibility index (Phi) is 5.05. The third-order valence-corrected chi connectivity index (χ3v) is 2.73. The van der Waals surface area contributed by atoms with E-state index in [-0.39, 0.29) is 11.9 Å². The van der Waals surface area contributed by atoms with Crippen molar-refractivity contribution in [2.24, 2.45) is 0 Å². The lowest BCUT2D eigenvalue weighted by Gasteiger charge is -2.37. The van der Waals surface area contributed by atoms with Crippen molar-refractivity contribution in [3.63, 3.8) is 0 Å². The molecule has 15 heavy (non-hydrogen) atoms. The van der Waals surface area contributed by atoms with Crippen molar-refractivity contribution in [1.29, 1.82) is 0 Å². The van der Waals surface area contributed by atoms with Crippen LogP contribution in [0.15, 0.2) is 0 Å². The van der Waals surface area contributed by atoms with E-state index in [1.807, 2.05) is 20.8 Å². The second-order valence-corrected chi connectivity index (χ2v) is 4.03. The van der Waals surface area contributed by atoms with Gasteiger partial charge in [0.1, 0.15) is 0 Å². The Morgan fingerprint density at radius 3 is 2.67 bits per heavy atom. The zero-order valence-electron chi connectivity index (χ0n) is 9.88. The lowest BCUT2D eigenvalue weighted by Crippen LogP contribution is -2.53. The maximum Gasteiger partial charge on any atom is 0.236 e. The van der Waals surface area contributed by atoms with Crippen LogP contribution in [-0.4, -0.2) is 37.2 Å².